The second-order valence-electron chi connectivity index (χ2n) is 10.3. The van der Waals surface area contributed by atoms with Crippen LogP contribution in [0.15, 0.2) is 77.8 Å². The van der Waals surface area contributed by atoms with E-state index in [1.807, 2.05) is 96.4 Å². The molecule has 2 N–H and O–H groups in total. The van der Waals surface area contributed by atoms with Crippen LogP contribution in [-0.2, 0) is 4.79 Å². The highest BCUT2D eigenvalue weighted by Gasteiger charge is 2.44. The molecular formula is C31H31Cl2F3N4O4. The highest BCUT2D eigenvalue weighted by molar-refractivity contribution is 6.30. The lowest BCUT2D eigenvalue weighted by Crippen LogP contribution is -2.53. The molecule has 3 aromatic rings. The smallest absolute Gasteiger partial charge is 0.490 e. The molecule has 5 rings (SSSR count). The molecule has 2 amide bonds. The summed E-state index contributed by atoms with van der Waals surface area (Å²) in [5, 5.41) is 11.8. The summed E-state index contributed by atoms with van der Waals surface area (Å²) in [5.41, 5.74) is 2.77. The Hall–Kier alpha value is -3.80. The van der Waals surface area contributed by atoms with E-state index in [4.69, 9.17) is 42.8 Å². The summed E-state index contributed by atoms with van der Waals surface area (Å²) in [7, 11) is 0. The van der Waals surface area contributed by atoms with Crippen molar-refractivity contribution in [1.82, 2.24) is 15.1 Å². The van der Waals surface area contributed by atoms with Gasteiger partial charge in [0.1, 0.15) is 17.6 Å². The molecule has 8 nitrogen and oxygen atoms in total. The Bertz CT molecular complexity index is 1480. The number of piperazine rings is 1. The predicted molar refractivity (Wildman–Crippen MR) is 162 cm³/mol. The Kier molecular flexibility index (Phi) is 10.8. The van der Waals surface area contributed by atoms with Gasteiger partial charge in [-0.25, -0.2) is 9.59 Å². The lowest BCUT2D eigenvalue weighted by Gasteiger charge is -2.36. The standard InChI is InChI=1S/C29H30Cl2N4O2.C2HF3O2/c1-19(2)37-25-5-3-4-22(18-25)28-33-26(20-6-10-23(30)11-7-20)27(21-8-12-24(31)13-9-21)35(28)29(36)34-16-14-32-15-17-34;3-2(4,5)1(6)7/h3-13,18-19,26-27,32H,14-17H2,1-2H3;(H,6,7). The number of halogens is 5. The summed E-state index contributed by atoms with van der Waals surface area (Å²) < 4.78 is 37.7. The third-order valence-electron chi connectivity index (χ3n) is 6.79. The number of rotatable bonds is 5. The number of urea groups is 1. The predicted octanol–water partition coefficient (Wildman–Crippen LogP) is 6.98. The zero-order chi connectivity index (χ0) is 32.0. The maximum atomic E-state index is 14.2. The number of carbonyl (C=O) groups excluding carboxylic acids is 1. The number of nitrogens with one attached hydrogen (secondary N) is 1. The van der Waals surface area contributed by atoms with E-state index in [2.05, 4.69) is 5.32 Å². The van der Waals surface area contributed by atoms with Crippen LogP contribution in [0.2, 0.25) is 10.0 Å². The molecule has 0 spiro atoms. The van der Waals surface area contributed by atoms with Crippen LogP contribution < -0.4 is 10.1 Å². The quantitative estimate of drug-likeness (QED) is 0.311. The second-order valence-corrected chi connectivity index (χ2v) is 11.2. The summed E-state index contributed by atoms with van der Waals surface area (Å²) in [6.07, 6.45) is -5.05. The second kappa shape index (κ2) is 14.3. The maximum Gasteiger partial charge on any atom is 0.490 e. The number of hydrogen-bond donors (Lipinski definition) is 2. The first-order valence-electron chi connectivity index (χ1n) is 13.8. The average Bonchev–Trinajstić information content (AvgIpc) is 3.38. The Balaban J connectivity index is 0.000000566. The molecule has 0 aromatic heterocycles. The first-order valence-corrected chi connectivity index (χ1v) is 14.6. The number of hydrogen-bond acceptors (Lipinski definition) is 5. The van der Waals surface area contributed by atoms with Gasteiger partial charge in [-0.3, -0.25) is 9.89 Å². The number of aliphatic carboxylic acids is 1. The Morgan fingerprint density at radius 1 is 0.955 bits per heavy atom. The first-order chi connectivity index (χ1) is 20.8. The number of carboxylic acids is 1. The van der Waals surface area contributed by atoms with Crippen molar-refractivity contribution in [2.24, 2.45) is 4.99 Å². The van der Waals surface area contributed by atoms with E-state index in [1.54, 1.807) is 0 Å². The van der Waals surface area contributed by atoms with Crippen molar-refractivity contribution in [1.29, 1.82) is 0 Å². The average molecular weight is 652 g/mol. The monoisotopic (exact) mass is 650 g/mol. The Morgan fingerprint density at radius 3 is 2.02 bits per heavy atom. The summed E-state index contributed by atoms with van der Waals surface area (Å²) >= 11 is 12.5. The molecule has 2 heterocycles. The molecule has 234 valence electrons. The SMILES string of the molecule is CC(C)Oc1cccc(C2=NC(c3ccc(Cl)cc3)C(c3ccc(Cl)cc3)N2C(=O)N2CCNCC2)c1.O=C(O)C(F)(F)F. The Labute approximate surface area is 263 Å². The van der Waals surface area contributed by atoms with Crippen molar-refractivity contribution in [2.45, 2.75) is 38.2 Å². The maximum absolute atomic E-state index is 14.2. The fourth-order valence-electron chi connectivity index (χ4n) is 4.86. The van der Waals surface area contributed by atoms with Gasteiger partial charge in [-0.05, 0) is 61.4 Å². The minimum absolute atomic E-state index is 0.0305. The number of amides is 2. The molecule has 0 saturated carbocycles. The van der Waals surface area contributed by atoms with E-state index in [-0.39, 0.29) is 24.2 Å². The summed E-state index contributed by atoms with van der Waals surface area (Å²) in [4.78, 5) is 32.0. The molecule has 3 aromatic carbocycles. The minimum atomic E-state index is -5.08. The summed E-state index contributed by atoms with van der Waals surface area (Å²) in [6, 6.07) is 22.4. The van der Waals surface area contributed by atoms with Gasteiger partial charge in [-0.2, -0.15) is 13.2 Å². The van der Waals surface area contributed by atoms with Crippen LogP contribution in [-0.4, -0.2) is 71.2 Å². The Morgan fingerprint density at radius 2 is 1.50 bits per heavy atom. The van der Waals surface area contributed by atoms with Crippen molar-refractivity contribution in [3.63, 3.8) is 0 Å². The van der Waals surface area contributed by atoms with Crippen LogP contribution >= 0.6 is 23.2 Å². The highest BCUT2D eigenvalue weighted by Crippen LogP contribution is 2.44. The third-order valence-corrected chi connectivity index (χ3v) is 7.29. The lowest BCUT2D eigenvalue weighted by molar-refractivity contribution is -0.192. The molecule has 44 heavy (non-hydrogen) atoms. The van der Waals surface area contributed by atoms with Crippen LogP contribution in [0.3, 0.4) is 0 Å². The lowest BCUT2D eigenvalue weighted by atomic mass is 9.93. The number of ether oxygens (including phenoxy) is 1. The van der Waals surface area contributed by atoms with Gasteiger partial charge >= 0.3 is 18.2 Å². The molecule has 2 unspecified atom stereocenters. The number of benzene rings is 3. The highest BCUT2D eigenvalue weighted by atomic mass is 35.5. The fourth-order valence-corrected chi connectivity index (χ4v) is 5.11. The molecule has 13 heteroatoms. The van der Waals surface area contributed by atoms with E-state index in [0.717, 1.165) is 35.5 Å². The van der Waals surface area contributed by atoms with Crippen LogP contribution in [0.25, 0.3) is 0 Å². The van der Waals surface area contributed by atoms with Crippen LogP contribution in [0.5, 0.6) is 5.75 Å². The van der Waals surface area contributed by atoms with Gasteiger partial charge in [0, 0.05) is 41.8 Å². The van der Waals surface area contributed by atoms with E-state index in [9.17, 15) is 18.0 Å². The van der Waals surface area contributed by atoms with Crippen molar-refractivity contribution in [3.8, 4) is 5.75 Å². The van der Waals surface area contributed by atoms with Gasteiger partial charge in [0.25, 0.3) is 0 Å². The third kappa shape index (κ3) is 8.22. The first kappa shape index (κ1) is 33.1. The number of aliphatic imine (C=N–C) groups is 1. The van der Waals surface area contributed by atoms with Gasteiger partial charge in [0.2, 0.25) is 0 Å². The topological polar surface area (TPSA) is 94.5 Å². The summed E-state index contributed by atoms with van der Waals surface area (Å²) in [5.74, 6) is -1.40. The van der Waals surface area contributed by atoms with Crippen molar-refractivity contribution >= 4 is 41.0 Å². The van der Waals surface area contributed by atoms with Crippen LogP contribution in [0.4, 0.5) is 18.0 Å². The minimum Gasteiger partial charge on any atom is -0.491 e. The van der Waals surface area contributed by atoms with Crippen LogP contribution in [0, 0.1) is 0 Å². The zero-order valence-corrected chi connectivity index (χ0v) is 25.4. The molecule has 2 aliphatic heterocycles. The molecule has 1 saturated heterocycles. The number of amidine groups is 1. The number of carboxylic acid groups (broad SMARTS) is 1. The molecular weight excluding hydrogens is 620 g/mol. The molecule has 2 atom stereocenters. The van der Waals surface area contributed by atoms with E-state index >= 15 is 0 Å². The number of alkyl halides is 3. The molecule has 2 aliphatic rings. The van der Waals surface area contributed by atoms with Gasteiger partial charge in [0.05, 0.1) is 12.1 Å². The van der Waals surface area contributed by atoms with Gasteiger partial charge in [-0.15, -0.1) is 0 Å². The van der Waals surface area contributed by atoms with Gasteiger partial charge in [0.15, 0.2) is 0 Å². The molecule has 0 aliphatic carbocycles. The van der Waals surface area contributed by atoms with Crippen molar-refractivity contribution in [3.05, 3.63) is 99.5 Å². The molecule has 0 bridgehead atoms. The van der Waals surface area contributed by atoms with Crippen molar-refractivity contribution < 1.29 is 32.6 Å². The van der Waals surface area contributed by atoms with E-state index in [1.165, 1.54) is 0 Å². The normalized spacial score (nSPS) is 18.4. The number of carbonyl (C=O) groups is 2. The van der Waals surface area contributed by atoms with Crippen LogP contribution in [0.1, 0.15) is 42.6 Å². The van der Waals surface area contributed by atoms with E-state index < -0.39 is 12.1 Å². The largest absolute Gasteiger partial charge is 0.491 e. The van der Waals surface area contributed by atoms with Crippen molar-refractivity contribution in [2.75, 3.05) is 26.2 Å². The summed E-state index contributed by atoms with van der Waals surface area (Å²) in [6.45, 7) is 6.78. The van der Waals surface area contributed by atoms with Gasteiger partial charge < -0.3 is 20.1 Å². The molecule has 0 radical (unpaired) electrons. The fraction of sp³-hybridized carbons (Fsp3) is 0.323. The van der Waals surface area contributed by atoms with Gasteiger partial charge in [-0.1, -0.05) is 59.6 Å². The number of nitrogens with zero attached hydrogens (tertiary/aromatic N) is 3. The molecule has 1 fully saturated rings. The van der Waals surface area contributed by atoms with E-state index in [0.29, 0.717) is 29.0 Å². The zero-order valence-electron chi connectivity index (χ0n) is 23.9.